The molecule has 0 saturated carbocycles. The summed E-state index contributed by atoms with van der Waals surface area (Å²) in [6.45, 7) is 3.62. The lowest BCUT2D eigenvalue weighted by Crippen LogP contribution is -2.42. The molecule has 0 spiro atoms. The molecule has 1 aromatic heterocycles. The summed E-state index contributed by atoms with van der Waals surface area (Å²) in [7, 11) is 0. The standard InChI is InChI=1S/C23H24ClN3O2/c1-2-29-23(28)27-12-10-18(11-13-27)25-22-15-20(16-6-4-3-5-7-16)26-21-14-17(24)8-9-19(21)22/h3-9,14-15,18H,2,10-13H2,1H3,(H,25,26). The minimum atomic E-state index is -0.221. The second-order valence-corrected chi connectivity index (χ2v) is 7.62. The van der Waals surface area contributed by atoms with Crippen LogP contribution in [0.2, 0.25) is 5.02 Å². The van der Waals surface area contributed by atoms with Gasteiger partial charge in [-0.1, -0.05) is 41.9 Å². The highest BCUT2D eigenvalue weighted by Crippen LogP contribution is 2.31. The Morgan fingerprint density at radius 2 is 1.93 bits per heavy atom. The summed E-state index contributed by atoms with van der Waals surface area (Å²) in [6.07, 6.45) is 1.52. The summed E-state index contributed by atoms with van der Waals surface area (Å²) < 4.78 is 5.11. The van der Waals surface area contributed by atoms with E-state index in [0.29, 0.717) is 24.7 Å². The second kappa shape index (κ2) is 8.70. The van der Waals surface area contributed by atoms with Crippen LogP contribution in [0.1, 0.15) is 19.8 Å². The SMILES string of the molecule is CCOC(=O)N1CCC(Nc2cc(-c3ccccc3)nc3cc(Cl)ccc23)CC1. The molecule has 1 amide bonds. The molecule has 0 atom stereocenters. The van der Waals surface area contributed by atoms with Gasteiger partial charge in [-0.15, -0.1) is 0 Å². The van der Waals surface area contributed by atoms with Crippen molar-refractivity contribution in [2.24, 2.45) is 0 Å². The largest absolute Gasteiger partial charge is 0.450 e. The van der Waals surface area contributed by atoms with Gasteiger partial charge in [0.1, 0.15) is 0 Å². The van der Waals surface area contributed by atoms with Crippen molar-refractivity contribution in [1.82, 2.24) is 9.88 Å². The molecule has 6 heteroatoms. The number of fused-ring (bicyclic) bond motifs is 1. The van der Waals surface area contributed by atoms with Crippen LogP contribution in [0.15, 0.2) is 54.6 Å². The summed E-state index contributed by atoms with van der Waals surface area (Å²) in [5.74, 6) is 0. The third kappa shape index (κ3) is 4.46. The predicted octanol–water partition coefficient (Wildman–Crippen LogP) is 5.59. The Hall–Kier alpha value is -2.79. The molecule has 1 saturated heterocycles. The maximum absolute atomic E-state index is 11.9. The first-order valence-corrected chi connectivity index (χ1v) is 10.4. The van der Waals surface area contributed by atoms with Crippen LogP contribution in [0.5, 0.6) is 0 Å². The number of likely N-dealkylation sites (tertiary alicyclic amines) is 1. The molecule has 4 rings (SSSR count). The van der Waals surface area contributed by atoms with Gasteiger partial charge in [0, 0.05) is 40.8 Å². The number of carbonyl (C=O) groups excluding carboxylic acids is 1. The van der Waals surface area contributed by atoms with Crippen molar-refractivity contribution in [3.63, 3.8) is 0 Å². The molecule has 150 valence electrons. The van der Waals surface area contributed by atoms with Gasteiger partial charge in [0.05, 0.1) is 17.8 Å². The Morgan fingerprint density at radius 3 is 2.66 bits per heavy atom. The van der Waals surface area contributed by atoms with E-state index < -0.39 is 0 Å². The number of hydrogen-bond acceptors (Lipinski definition) is 4. The monoisotopic (exact) mass is 409 g/mol. The highest BCUT2D eigenvalue weighted by molar-refractivity contribution is 6.31. The van der Waals surface area contributed by atoms with Crippen LogP contribution < -0.4 is 5.32 Å². The highest BCUT2D eigenvalue weighted by atomic mass is 35.5. The van der Waals surface area contributed by atoms with Crippen molar-refractivity contribution in [3.05, 3.63) is 59.6 Å². The number of aromatic nitrogens is 1. The number of nitrogens with zero attached hydrogens (tertiary/aromatic N) is 2. The zero-order chi connectivity index (χ0) is 20.2. The van der Waals surface area contributed by atoms with Crippen LogP contribution in [0.4, 0.5) is 10.5 Å². The predicted molar refractivity (Wildman–Crippen MR) is 117 cm³/mol. The quantitative estimate of drug-likeness (QED) is 0.610. The van der Waals surface area contributed by atoms with Crippen LogP contribution in [-0.4, -0.2) is 41.7 Å². The smallest absolute Gasteiger partial charge is 0.409 e. The van der Waals surface area contributed by atoms with Crippen molar-refractivity contribution in [3.8, 4) is 11.3 Å². The van der Waals surface area contributed by atoms with E-state index in [1.807, 2.05) is 43.3 Å². The first kappa shape index (κ1) is 19.5. The lowest BCUT2D eigenvalue weighted by Gasteiger charge is -2.32. The average Bonchev–Trinajstić information content (AvgIpc) is 2.74. The Balaban J connectivity index is 1.59. The number of carbonyl (C=O) groups is 1. The third-order valence-electron chi connectivity index (χ3n) is 5.22. The molecule has 1 fully saturated rings. The minimum Gasteiger partial charge on any atom is -0.450 e. The van der Waals surface area contributed by atoms with E-state index in [4.69, 9.17) is 21.3 Å². The van der Waals surface area contributed by atoms with E-state index in [1.165, 1.54) is 0 Å². The Morgan fingerprint density at radius 1 is 1.17 bits per heavy atom. The third-order valence-corrected chi connectivity index (χ3v) is 5.46. The van der Waals surface area contributed by atoms with Gasteiger partial charge >= 0.3 is 6.09 Å². The van der Waals surface area contributed by atoms with Gasteiger partial charge in [-0.3, -0.25) is 0 Å². The fourth-order valence-electron chi connectivity index (χ4n) is 3.72. The van der Waals surface area contributed by atoms with Gasteiger partial charge in [0.15, 0.2) is 0 Å². The molecule has 1 aliphatic rings. The molecule has 1 N–H and O–H groups in total. The van der Waals surface area contributed by atoms with E-state index in [1.54, 1.807) is 4.90 Å². The van der Waals surface area contributed by atoms with Gasteiger partial charge < -0.3 is 15.0 Å². The molecule has 2 aromatic carbocycles. The lowest BCUT2D eigenvalue weighted by atomic mass is 10.0. The molecule has 5 nitrogen and oxygen atoms in total. The Bertz CT molecular complexity index is 1000. The number of benzene rings is 2. The first-order valence-electron chi connectivity index (χ1n) is 9.98. The zero-order valence-electron chi connectivity index (χ0n) is 16.4. The molecular formula is C23H24ClN3O2. The molecule has 0 radical (unpaired) electrons. The number of hydrogen-bond donors (Lipinski definition) is 1. The van der Waals surface area contributed by atoms with Crippen molar-refractivity contribution in [2.45, 2.75) is 25.8 Å². The lowest BCUT2D eigenvalue weighted by molar-refractivity contribution is 0.0983. The van der Waals surface area contributed by atoms with Gasteiger partial charge in [-0.2, -0.15) is 0 Å². The normalized spacial score (nSPS) is 14.8. The number of anilines is 1. The molecule has 0 bridgehead atoms. The van der Waals surface area contributed by atoms with Crippen molar-refractivity contribution >= 4 is 34.3 Å². The van der Waals surface area contributed by atoms with Crippen LogP contribution in [0, 0.1) is 0 Å². The maximum atomic E-state index is 11.9. The van der Waals surface area contributed by atoms with Crippen molar-refractivity contribution in [1.29, 1.82) is 0 Å². The molecule has 0 aliphatic carbocycles. The van der Waals surface area contributed by atoms with E-state index in [9.17, 15) is 4.79 Å². The number of nitrogens with one attached hydrogen (secondary N) is 1. The fraction of sp³-hybridized carbons (Fsp3) is 0.304. The van der Waals surface area contributed by atoms with Gasteiger partial charge in [-0.05, 0) is 44.0 Å². The van der Waals surface area contributed by atoms with Crippen LogP contribution in [0.3, 0.4) is 0 Å². The van der Waals surface area contributed by atoms with Crippen LogP contribution >= 0.6 is 11.6 Å². The molecule has 29 heavy (non-hydrogen) atoms. The first-order chi connectivity index (χ1) is 14.1. The Labute approximate surface area is 175 Å². The van der Waals surface area contributed by atoms with Crippen molar-refractivity contribution in [2.75, 3.05) is 25.0 Å². The number of piperidine rings is 1. The van der Waals surface area contributed by atoms with Crippen LogP contribution in [-0.2, 0) is 4.74 Å². The molecule has 3 aromatic rings. The molecule has 2 heterocycles. The fourth-order valence-corrected chi connectivity index (χ4v) is 3.89. The summed E-state index contributed by atoms with van der Waals surface area (Å²) in [4.78, 5) is 18.5. The molecule has 0 unspecified atom stereocenters. The topological polar surface area (TPSA) is 54.5 Å². The Kier molecular flexibility index (Phi) is 5.86. The van der Waals surface area contributed by atoms with Gasteiger partial charge in [0.25, 0.3) is 0 Å². The number of halogens is 1. The summed E-state index contributed by atoms with van der Waals surface area (Å²) in [6, 6.07) is 18.3. The van der Waals surface area contributed by atoms with E-state index in [0.717, 1.165) is 40.7 Å². The highest BCUT2D eigenvalue weighted by Gasteiger charge is 2.24. The average molecular weight is 410 g/mol. The number of pyridine rings is 1. The molecule has 1 aliphatic heterocycles. The summed E-state index contributed by atoms with van der Waals surface area (Å²) in [5, 5.41) is 5.40. The second-order valence-electron chi connectivity index (χ2n) is 7.19. The maximum Gasteiger partial charge on any atom is 0.409 e. The summed E-state index contributed by atoms with van der Waals surface area (Å²) in [5.41, 5.74) is 3.88. The van der Waals surface area contributed by atoms with E-state index in [2.05, 4.69) is 23.5 Å². The number of ether oxygens (including phenoxy) is 1. The molecular weight excluding hydrogens is 386 g/mol. The van der Waals surface area contributed by atoms with E-state index >= 15 is 0 Å². The van der Waals surface area contributed by atoms with Crippen molar-refractivity contribution < 1.29 is 9.53 Å². The minimum absolute atomic E-state index is 0.221. The summed E-state index contributed by atoms with van der Waals surface area (Å²) >= 11 is 6.22. The van der Waals surface area contributed by atoms with E-state index in [-0.39, 0.29) is 12.1 Å². The number of rotatable bonds is 4. The van der Waals surface area contributed by atoms with Gasteiger partial charge in [0.2, 0.25) is 0 Å². The number of amides is 1. The zero-order valence-corrected chi connectivity index (χ0v) is 17.2. The van der Waals surface area contributed by atoms with Crippen LogP contribution in [0.25, 0.3) is 22.2 Å². The van der Waals surface area contributed by atoms with Gasteiger partial charge in [-0.25, -0.2) is 9.78 Å².